The van der Waals surface area contributed by atoms with E-state index in [2.05, 4.69) is 87.4 Å². The van der Waals surface area contributed by atoms with Gasteiger partial charge in [-0.15, -0.1) is 0 Å². The summed E-state index contributed by atoms with van der Waals surface area (Å²) in [6.07, 6.45) is 0. The highest BCUT2D eigenvalue weighted by Gasteiger charge is 2.08. The summed E-state index contributed by atoms with van der Waals surface area (Å²) in [4.78, 5) is 2.25. The Hall–Kier alpha value is -1.80. The molecule has 112 valence electrons. The van der Waals surface area contributed by atoms with Crippen molar-refractivity contribution >= 4 is 11.4 Å². The molecule has 0 aliphatic carbocycles. The molecule has 0 aliphatic rings. The van der Waals surface area contributed by atoms with Crippen LogP contribution in [-0.2, 0) is 0 Å². The second kappa shape index (κ2) is 6.77. The Morgan fingerprint density at radius 2 is 1.71 bits per heavy atom. The molecule has 0 aromatic heterocycles. The largest absolute Gasteiger partial charge is 0.344 e. The molecular formula is C19H26N2. The molecule has 2 aromatic rings. The van der Waals surface area contributed by atoms with E-state index in [-0.39, 0.29) is 0 Å². The molecule has 0 radical (unpaired) electrons. The summed E-state index contributed by atoms with van der Waals surface area (Å²) in [7, 11) is 2.13. The van der Waals surface area contributed by atoms with Gasteiger partial charge in [-0.2, -0.15) is 0 Å². The summed E-state index contributed by atoms with van der Waals surface area (Å²) in [5, 5.41) is 3.44. The van der Waals surface area contributed by atoms with E-state index < -0.39 is 0 Å². The van der Waals surface area contributed by atoms with E-state index in [1.165, 1.54) is 28.1 Å². The molecule has 0 amide bonds. The van der Waals surface area contributed by atoms with Crippen LogP contribution < -0.4 is 10.2 Å². The van der Waals surface area contributed by atoms with Gasteiger partial charge in [0.1, 0.15) is 0 Å². The molecule has 1 unspecified atom stereocenters. The normalized spacial score (nSPS) is 12.2. The van der Waals surface area contributed by atoms with E-state index in [0.29, 0.717) is 6.04 Å². The molecule has 0 saturated carbocycles. The lowest BCUT2D eigenvalue weighted by atomic mass is 10.1. The van der Waals surface area contributed by atoms with Crippen LogP contribution in [0.15, 0.2) is 42.5 Å². The molecule has 0 aliphatic heterocycles. The fourth-order valence-electron chi connectivity index (χ4n) is 2.73. The predicted octanol–water partition coefficient (Wildman–Crippen LogP) is 4.74. The molecule has 0 fully saturated rings. The SMILES string of the molecule is CCNC(C)c1ccc(N(C)c2ccc(C)cc2C)cc1. The minimum Gasteiger partial charge on any atom is -0.344 e. The van der Waals surface area contributed by atoms with E-state index in [1.54, 1.807) is 0 Å². The highest BCUT2D eigenvalue weighted by atomic mass is 15.1. The summed E-state index contributed by atoms with van der Waals surface area (Å²) in [5.74, 6) is 0. The summed E-state index contributed by atoms with van der Waals surface area (Å²) in [6, 6.07) is 15.8. The molecule has 0 heterocycles. The van der Waals surface area contributed by atoms with Crippen molar-refractivity contribution in [2.24, 2.45) is 0 Å². The fraction of sp³-hybridized carbons (Fsp3) is 0.368. The lowest BCUT2D eigenvalue weighted by Gasteiger charge is -2.23. The van der Waals surface area contributed by atoms with Crippen molar-refractivity contribution in [3.05, 3.63) is 59.2 Å². The zero-order valence-corrected chi connectivity index (χ0v) is 13.8. The molecule has 1 N–H and O–H groups in total. The van der Waals surface area contributed by atoms with Crippen LogP contribution in [0.3, 0.4) is 0 Å². The minimum atomic E-state index is 0.399. The number of nitrogens with zero attached hydrogens (tertiary/aromatic N) is 1. The monoisotopic (exact) mass is 282 g/mol. The number of benzene rings is 2. The van der Waals surface area contributed by atoms with Crippen molar-refractivity contribution in [3.8, 4) is 0 Å². The maximum atomic E-state index is 3.44. The molecule has 0 saturated heterocycles. The third kappa shape index (κ3) is 3.64. The zero-order valence-electron chi connectivity index (χ0n) is 13.8. The van der Waals surface area contributed by atoms with Crippen LogP contribution in [0.25, 0.3) is 0 Å². The fourth-order valence-corrected chi connectivity index (χ4v) is 2.73. The molecule has 0 bridgehead atoms. The number of anilines is 2. The van der Waals surface area contributed by atoms with Crippen LogP contribution in [0.2, 0.25) is 0 Å². The Bertz CT molecular complexity index is 587. The number of nitrogens with one attached hydrogen (secondary N) is 1. The van der Waals surface area contributed by atoms with Crippen LogP contribution in [0.4, 0.5) is 11.4 Å². The second-order valence-corrected chi connectivity index (χ2v) is 5.72. The summed E-state index contributed by atoms with van der Waals surface area (Å²) >= 11 is 0. The molecule has 2 nitrogen and oxygen atoms in total. The quantitative estimate of drug-likeness (QED) is 0.852. The minimum absolute atomic E-state index is 0.399. The standard InChI is InChI=1S/C19H26N2/c1-6-20-16(4)17-8-10-18(11-9-17)21(5)19-12-7-14(2)13-15(19)3/h7-13,16,20H,6H2,1-5H3. The van der Waals surface area contributed by atoms with Gasteiger partial charge in [0.05, 0.1) is 0 Å². The highest BCUT2D eigenvalue weighted by Crippen LogP contribution is 2.28. The van der Waals surface area contributed by atoms with E-state index in [1.807, 2.05) is 0 Å². The first-order chi connectivity index (χ1) is 10.0. The van der Waals surface area contributed by atoms with Crippen LogP contribution in [0.1, 0.15) is 36.6 Å². The van der Waals surface area contributed by atoms with Gasteiger partial charge in [-0.3, -0.25) is 0 Å². The van der Waals surface area contributed by atoms with Gasteiger partial charge in [0, 0.05) is 24.5 Å². The maximum absolute atomic E-state index is 3.44. The first-order valence-corrected chi connectivity index (χ1v) is 7.67. The van der Waals surface area contributed by atoms with Gasteiger partial charge in [0.25, 0.3) is 0 Å². The Balaban J connectivity index is 2.21. The maximum Gasteiger partial charge on any atom is 0.0437 e. The van der Waals surface area contributed by atoms with E-state index in [9.17, 15) is 0 Å². The Labute approximate surface area is 128 Å². The smallest absolute Gasteiger partial charge is 0.0437 e. The van der Waals surface area contributed by atoms with Crippen molar-refractivity contribution in [1.29, 1.82) is 0 Å². The lowest BCUT2D eigenvalue weighted by Crippen LogP contribution is -2.17. The van der Waals surface area contributed by atoms with Gasteiger partial charge in [-0.05, 0) is 56.6 Å². The molecule has 2 heteroatoms. The summed E-state index contributed by atoms with van der Waals surface area (Å²) in [5.41, 5.74) is 6.42. The molecule has 1 atom stereocenters. The third-order valence-corrected chi connectivity index (χ3v) is 4.00. The number of hydrogen-bond donors (Lipinski definition) is 1. The molecule has 21 heavy (non-hydrogen) atoms. The molecule has 0 spiro atoms. The molecule has 2 aromatic carbocycles. The number of rotatable bonds is 5. The summed E-state index contributed by atoms with van der Waals surface area (Å²) < 4.78 is 0. The highest BCUT2D eigenvalue weighted by molar-refractivity contribution is 5.66. The van der Waals surface area contributed by atoms with Gasteiger partial charge >= 0.3 is 0 Å². The van der Waals surface area contributed by atoms with Crippen molar-refractivity contribution in [2.75, 3.05) is 18.5 Å². The molecule has 2 rings (SSSR count). The topological polar surface area (TPSA) is 15.3 Å². The van der Waals surface area contributed by atoms with Gasteiger partial charge in [-0.1, -0.05) is 36.8 Å². The lowest BCUT2D eigenvalue weighted by molar-refractivity contribution is 0.598. The van der Waals surface area contributed by atoms with E-state index >= 15 is 0 Å². The molecular weight excluding hydrogens is 256 g/mol. The predicted molar refractivity (Wildman–Crippen MR) is 92.5 cm³/mol. The number of hydrogen-bond acceptors (Lipinski definition) is 2. The Morgan fingerprint density at radius 3 is 2.29 bits per heavy atom. The van der Waals surface area contributed by atoms with Crippen molar-refractivity contribution < 1.29 is 0 Å². The third-order valence-electron chi connectivity index (χ3n) is 4.00. The summed E-state index contributed by atoms with van der Waals surface area (Å²) in [6.45, 7) is 9.63. The Kier molecular flexibility index (Phi) is 5.03. The van der Waals surface area contributed by atoms with E-state index in [0.717, 1.165) is 6.54 Å². The average molecular weight is 282 g/mol. The van der Waals surface area contributed by atoms with Crippen LogP contribution >= 0.6 is 0 Å². The van der Waals surface area contributed by atoms with Gasteiger partial charge < -0.3 is 10.2 Å². The van der Waals surface area contributed by atoms with Crippen LogP contribution in [-0.4, -0.2) is 13.6 Å². The van der Waals surface area contributed by atoms with Gasteiger partial charge in [-0.25, -0.2) is 0 Å². The first kappa shape index (κ1) is 15.6. The zero-order chi connectivity index (χ0) is 15.4. The van der Waals surface area contributed by atoms with Crippen molar-refractivity contribution in [1.82, 2.24) is 5.32 Å². The van der Waals surface area contributed by atoms with Gasteiger partial charge in [0.2, 0.25) is 0 Å². The van der Waals surface area contributed by atoms with Gasteiger partial charge in [0.15, 0.2) is 0 Å². The number of aryl methyl sites for hydroxylation is 2. The average Bonchev–Trinajstić information content (AvgIpc) is 2.47. The van der Waals surface area contributed by atoms with Crippen LogP contribution in [0, 0.1) is 13.8 Å². The first-order valence-electron chi connectivity index (χ1n) is 7.67. The Morgan fingerprint density at radius 1 is 1.05 bits per heavy atom. The van der Waals surface area contributed by atoms with Crippen molar-refractivity contribution in [3.63, 3.8) is 0 Å². The van der Waals surface area contributed by atoms with Crippen LogP contribution in [0.5, 0.6) is 0 Å². The van der Waals surface area contributed by atoms with E-state index in [4.69, 9.17) is 0 Å². The second-order valence-electron chi connectivity index (χ2n) is 5.72. The van der Waals surface area contributed by atoms with Crippen molar-refractivity contribution in [2.45, 2.75) is 33.7 Å².